The number of hydrogen-bond acceptors (Lipinski definition) is 3. The molecule has 2 rings (SSSR count). The maximum absolute atomic E-state index is 5.93. The standard InChI is InChI=1S/C16H25NO2.ClH/c1-4-9-17(10-5-2)13-11-14-15(18-3)7-6-8-16(14)19-12-13;/h6-8,13H,4-5,9-12H2,1-3H3;1H. The van der Waals surface area contributed by atoms with Gasteiger partial charge in [0.15, 0.2) is 0 Å². The zero-order valence-corrected chi connectivity index (χ0v) is 13.5. The molecule has 0 fully saturated rings. The molecule has 1 heterocycles. The molecule has 0 radical (unpaired) electrons. The number of rotatable bonds is 6. The highest BCUT2D eigenvalue weighted by Gasteiger charge is 2.26. The number of ether oxygens (including phenoxy) is 2. The predicted octanol–water partition coefficient (Wildman–Crippen LogP) is 3.54. The molecule has 1 aliphatic heterocycles. The Morgan fingerprint density at radius 2 is 1.95 bits per heavy atom. The number of methoxy groups -OCH3 is 1. The van der Waals surface area contributed by atoms with Gasteiger partial charge in [-0.15, -0.1) is 12.4 Å². The smallest absolute Gasteiger partial charge is 0.126 e. The molecule has 0 saturated heterocycles. The van der Waals surface area contributed by atoms with E-state index in [1.807, 2.05) is 18.2 Å². The molecule has 114 valence electrons. The minimum absolute atomic E-state index is 0. The zero-order valence-electron chi connectivity index (χ0n) is 12.7. The normalized spacial score (nSPS) is 17.1. The highest BCUT2D eigenvalue weighted by Crippen LogP contribution is 2.33. The van der Waals surface area contributed by atoms with Gasteiger partial charge in [0.1, 0.15) is 18.1 Å². The van der Waals surface area contributed by atoms with Crippen molar-refractivity contribution >= 4 is 12.4 Å². The maximum Gasteiger partial charge on any atom is 0.126 e. The van der Waals surface area contributed by atoms with Gasteiger partial charge in [-0.05, 0) is 44.5 Å². The van der Waals surface area contributed by atoms with E-state index >= 15 is 0 Å². The van der Waals surface area contributed by atoms with E-state index in [4.69, 9.17) is 9.47 Å². The molecule has 1 aromatic carbocycles. The van der Waals surface area contributed by atoms with Crippen LogP contribution < -0.4 is 9.47 Å². The highest BCUT2D eigenvalue weighted by atomic mass is 35.5. The first-order chi connectivity index (χ1) is 9.30. The van der Waals surface area contributed by atoms with Crippen molar-refractivity contribution < 1.29 is 9.47 Å². The van der Waals surface area contributed by atoms with Gasteiger partial charge in [0.2, 0.25) is 0 Å². The van der Waals surface area contributed by atoms with Gasteiger partial charge in [-0.3, -0.25) is 4.90 Å². The molecule has 1 aromatic rings. The first kappa shape index (κ1) is 17.1. The summed E-state index contributed by atoms with van der Waals surface area (Å²) in [6.07, 6.45) is 3.41. The van der Waals surface area contributed by atoms with E-state index in [2.05, 4.69) is 18.7 Å². The van der Waals surface area contributed by atoms with Gasteiger partial charge in [0.05, 0.1) is 7.11 Å². The van der Waals surface area contributed by atoms with Crippen molar-refractivity contribution in [2.24, 2.45) is 0 Å². The van der Waals surface area contributed by atoms with Crippen LogP contribution in [0, 0.1) is 0 Å². The lowest BCUT2D eigenvalue weighted by molar-refractivity contribution is 0.118. The fraction of sp³-hybridized carbons (Fsp3) is 0.625. The number of benzene rings is 1. The summed E-state index contributed by atoms with van der Waals surface area (Å²) in [5.74, 6) is 1.94. The highest BCUT2D eigenvalue weighted by molar-refractivity contribution is 5.85. The Labute approximate surface area is 128 Å². The molecule has 0 spiro atoms. The van der Waals surface area contributed by atoms with E-state index in [0.717, 1.165) is 37.6 Å². The second kappa shape index (κ2) is 8.38. The average Bonchev–Trinajstić information content (AvgIpc) is 2.46. The van der Waals surface area contributed by atoms with Crippen LogP contribution in [0.1, 0.15) is 32.3 Å². The van der Waals surface area contributed by atoms with Gasteiger partial charge in [-0.25, -0.2) is 0 Å². The van der Waals surface area contributed by atoms with Crippen LogP contribution in [-0.4, -0.2) is 37.7 Å². The Kier molecular flexibility index (Phi) is 7.17. The molecule has 4 heteroatoms. The van der Waals surface area contributed by atoms with E-state index in [1.165, 1.54) is 18.4 Å². The molecule has 0 bridgehead atoms. The van der Waals surface area contributed by atoms with Gasteiger partial charge >= 0.3 is 0 Å². The number of halogens is 1. The summed E-state index contributed by atoms with van der Waals surface area (Å²) in [7, 11) is 1.73. The summed E-state index contributed by atoms with van der Waals surface area (Å²) in [6.45, 7) is 7.56. The Morgan fingerprint density at radius 1 is 1.25 bits per heavy atom. The van der Waals surface area contributed by atoms with Gasteiger partial charge in [-0.1, -0.05) is 19.9 Å². The quantitative estimate of drug-likeness (QED) is 0.802. The molecule has 1 unspecified atom stereocenters. The third-order valence-corrected chi connectivity index (χ3v) is 3.72. The van der Waals surface area contributed by atoms with Gasteiger partial charge in [-0.2, -0.15) is 0 Å². The van der Waals surface area contributed by atoms with Crippen LogP contribution in [0.3, 0.4) is 0 Å². The van der Waals surface area contributed by atoms with Gasteiger partial charge in [0.25, 0.3) is 0 Å². The third kappa shape index (κ3) is 3.80. The molecule has 0 saturated carbocycles. The maximum atomic E-state index is 5.93. The fourth-order valence-corrected chi connectivity index (χ4v) is 2.84. The van der Waals surface area contributed by atoms with Crippen LogP contribution in [0.2, 0.25) is 0 Å². The summed E-state index contributed by atoms with van der Waals surface area (Å²) in [5, 5.41) is 0. The first-order valence-corrected chi connectivity index (χ1v) is 7.32. The lowest BCUT2D eigenvalue weighted by atomic mass is 10.00. The number of nitrogens with zero attached hydrogens (tertiary/aromatic N) is 1. The lowest BCUT2D eigenvalue weighted by Crippen LogP contribution is -2.44. The molecule has 1 aliphatic rings. The number of fused-ring (bicyclic) bond motifs is 1. The molecule has 0 aromatic heterocycles. The van der Waals surface area contributed by atoms with E-state index in [1.54, 1.807) is 7.11 Å². The fourth-order valence-electron chi connectivity index (χ4n) is 2.84. The Balaban J connectivity index is 0.00000200. The molecule has 20 heavy (non-hydrogen) atoms. The topological polar surface area (TPSA) is 21.7 Å². The van der Waals surface area contributed by atoms with Crippen molar-refractivity contribution in [1.29, 1.82) is 0 Å². The molecular formula is C16H26ClNO2. The summed E-state index contributed by atoms with van der Waals surface area (Å²) in [4.78, 5) is 2.55. The average molecular weight is 300 g/mol. The van der Waals surface area contributed by atoms with Crippen molar-refractivity contribution in [3.63, 3.8) is 0 Å². The van der Waals surface area contributed by atoms with Crippen LogP contribution >= 0.6 is 12.4 Å². The molecule has 0 N–H and O–H groups in total. The van der Waals surface area contributed by atoms with E-state index < -0.39 is 0 Å². The number of hydrogen-bond donors (Lipinski definition) is 0. The van der Waals surface area contributed by atoms with Crippen molar-refractivity contribution in [3.05, 3.63) is 23.8 Å². The monoisotopic (exact) mass is 299 g/mol. The molecule has 0 amide bonds. The van der Waals surface area contributed by atoms with Crippen molar-refractivity contribution in [2.75, 3.05) is 26.8 Å². The molecule has 3 nitrogen and oxygen atoms in total. The van der Waals surface area contributed by atoms with E-state index in [-0.39, 0.29) is 12.4 Å². The Morgan fingerprint density at radius 3 is 2.55 bits per heavy atom. The second-order valence-electron chi connectivity index (χ2n) is 5.14. The lowest BCUT2D eigenvalue weighted by Gasteiger charge is -2.35. The van der Waals surface area contributed by atoms with E-state index in [0.29, 0.717) is 6.04 Å². The van der Waals surface area contributed by atoms with Gasteiger partial charge < -0.3 is 9.47 Å². The van der Waals surface area contributed by atoms with Crippen LogP contribution in [0.25, 0.3) is 0 Å². The summed E-state index contributed by atoms with van der Waals surface area (Å²) >= 11 is 0. The second-order valence-corrected chi connectivity index (χ2v) is 5.14. The zero-order chi connectivity index (χ0) is 13.7. The summed E-state index contributed by atoms with van der Waals surface area (Å²) in [6, 6.07) is 6.53. The van der Waals surface area contributed by atoms with Crippen LogP contribution in [0.4, 0.5) is 0 Å². The summed E-state index contributed by atoms with van der Waals surface area (Å²) < 4.78 is 11.4. The van der Waals surface area contributed by atoms with E-state index in [9.17, 15) is 0 Å². The first-order valence-electron chi connectivity index (χ1n) is 7.32. The van der Waals surface area contributed by atoms with Gasteiger partial charge in [0, 0.05) is 11.6 Å². The predicted molar refractivity (Wildman–Crippen MR) is 85.4 cm³/mol. The van der Waals surface area contributed by atoms with Crippen molar-refractivity contribution in [2.45, 2.75) is 39.2 Å². The van der Waals surface area contributed by atoms with Crippen LogP contribution in [0.5, 0.6) is 11.5 Å². The largest absolute Gasteiger partial charge is 0.496 e. The third-order valence-electron chi connectivity index (χ3n) is 3.72. The van der Waals surface area contributed by atoms with Crippen molar-refractivity contribution in [3.8, 4) is 11.5 Å². The van der Waals surface area contributed by atoms with Crippen molar-refractivity contribution in [1.82, 2.24) is 4.90 Å². The van der Waals surface area contributed by atoms with Crippen LogP contribution in [0.15, 0.2) is 18.2 Å². The Hall–Kier alpha value is -0.930. The molecule has 0 aliphatic carbocycles. The SMILES string of the molecule is CCCN(CCC)C1COc2cccc(OC)c2C1.Cl. The molecular weight excluding hydrogens is 274 g/mol. The molecule has 1 atom stereocenters. The minimum atomic E-state index is 0. The Bertz CT molecular complexity index is 391. The summed E-state index contributed by atoms with van der Waals surface area (Å²) in [5.41, 5.74) is 1.22. The minimum Gasteiger partial charge on any atom is -0.496 e. The van der Waals surface area contributed by atoms with Crippen LogP contribution in [-0.2, 0) is 6.42 Å².